The zero-order valence-electron chi connectivity index (χ0n) is 11.2. The van der Waals surface area contributed by atoms with E-state index in [0.717, 1.165) is 6.42 Å². The number of aliphatic carboxylic acids is 1. The predicted molar refractivity (Wildman–Crippen MR) is 69.2 cm³/mol. The van der Waals surface area contributed by atoms with Crippen LogP contribution in [-0.4, -0.2) is 34.7 Å². The zero-order valence-corrected chi connectivity index (χ0v) is 11.2. The van der Waals surface area contributed by atoms with Crippen LogP contribution in [0.15, 0.2) is 12.2 Å². The Morgan fingerprint density at radius 3 is 2.37 bits per heavy atom. The summed E-state index contributed by atoms with van der Waals surface area (Å²) in [6, 6.07) is 0. The number of carbonyl (C=O) groups excluding carboxylic acids is 1. The molecule has 0 aromatic heterocycles. The molecular weight excluding hydrogens is 246 g/mol. The number of aliphatic hydroxyl groups is 1. The summed E-state index contributed by atoms with van der Waals surface area (Å²) in [6.07, 6.45) is 4.02. The summed E-state index contributed by atoms with van der Waals surface area (Å²) in [4.78, 5) is 23.4. The molecule has 5 nitrogen and oxygen atoms in total. The van der Waals surface area contributed by atoms with Crippen molar-refractivity contribution in [3.8, 4) is 0 Å². The number of hydrogen-bond acceptors (Lipinski definition) is 3. The molecule has 0 saturated heterocycles. The van der Waals surface area contributed by atoms with Gasteiger partial charge < -0.3 is 15.5 Å². The maximum Gasteiger partial charge on any atom is 0.307 e. The minimum absolute atomic E-state index is 0.0201. The normalized spacial score (nSPS) is 33.7. The maximum atomic E-state index is 12.2. The van der Waals surface area contributed by atoms with Crippen LogP contribution in [0.25, 0.3) is 0 Å². The van der Waals surface area contributed by atoms with E-state index in [2.05, 4.69) is 5.32 Å². The Kier molecular flexibility index (Phi) is 3.94. The molecule has 0 aliphatic heterocycles. The van der Waals surface area contributed by atoms with Crippen LogP contribution in [0.3, 0.4) is 0 Å². The average Bonchev–Trinajstić information content (AvgIpc) is 2.94. The highest BCUT2D eigenvalue weighted by Gasteiger charge is 2.51. The molecule has 3 N–H and O–H groups in total. The number of allylic oxidation sites excluding steroid dienone is 2. The first-order valence-corrected chi connectivity index (χ1v) is 6.78. The molecule has 19 heavy (non-hydrogen) atoms. The highest BCUT2D eigenvalue weighted by atomic mass is 16.4. The van der Waals surface area contributed by atoms with E-state index < -0.39 is 23.9 Å². The van der Waals surface area contributed by atoms with Crippen molar-refractivity contribution in [2.75, 3.05) is 6.54 Å². The van der Waals surface area contributed by atoms with Crippen LogP contribution in [0, 0.1) is 29.6 Å². The fourth-order valence-corrected chi connectivity index (χ4v) is 3.08. The van der Waals surface area contributed by atoms with Crippen LogP contribution in [0.1, 0.15) is 20.3 Å². The molecule has 1 saturated carbocycles. The van der Waals surface area contributed by atoms with Gasteiger partial charge in [-0.3, -0.25) is 9.59 Å². The van der Waals surface area contributed by atoms with Crippen LogP contribution >= 0.6 is 0 Å². The van der Waals surface area contributed by atoms with Crippen molar-refractivity contribution >= 4 is 11.9 Å². The highest BCUT2D eigenvalue weighted by molar-refractivity contribution is 5.86. The average molecular weight is 267 g/mol. The van der Waals surface area contributed by atoms with E-state index in [-0.39, 0.29) is 30.2 Å². The van der Waals surface area contributed by atoms with Gasteiger partial charge in [-0.1, -0.05) is 26.0 Å². The molecule has 0 heterocycles. The van der Waals surface area contributed by atoms with Gasteiger partial charge in [0.1, 0.15) is 0 Å². The van der Waals surface area contributed by atoms with E-state index in [4.69, 9.17) is 0 Å². The molecule has 5 unspecified atom stereocenters. The Hall–Kier alpha value is -1.36. The molecule has 1 fully saturated rings. The van der Waals surface area contributed by atoms with Crippen molar-refractivity contribution in [2.24, 2.45) is 29.6 Å². The van der Waals surface area contributed by atoms with E-state index in [0.29, 0.717) is 0 Å². The number of hydrogen-bond donors (Lipinski definition) is 3. The summed E-state index contributed by atoms with van der Waals surface area (Å²) in [7, 11) is 0. The van der Waals surface area contributed by atoms with Gasteiger partial charge in [-0.25, -0.2) is 0 Å². The third-order valence-electron chi connectivity index (χ3n) is 4.30. The minimum atomic E-state index is -0.901. The third-order valence-corrected chi connectivity index (χ3v) is 4.30. The molecule has 0 spiro atoms. The van der Waals surface area contributed by atoms with Gasteiger partial charge in [0.15, 0.2) is 0 Å². The van der Waals surface area contributed by atoms with E-state index >= 15 is 0 Å². The van der Waals surface area contributed by atoms with Crippen LogP contribution in [-0.2, 0) is 9.59 Å². The predicted octanol–water partition coefficient (Wildman–Crippen LogP) is 0.642. The Balaban J connectivity index is 1.98. The van der Waals surface area contributed by atoms with Crippen LogP contribution in [0.4, 0.5) is 0 Å². The molecule has 2 aliphatic rings. The molecule has 2 bridgehead atoms. The Morgan fingerprint density at radius 2 is 1.84 bits per heavy atom. The third kappa shape index (κ3) is 2.66. The van der Waals surface area contributed by atoms with Crippen molar-refractivity contribution in [2.45, 2.75) is 26.4 Å². The first kappa shape index (κ1) is 14.1. The van der Waals surface area contributed by atoms with Crippen LogP contribution in [0.5, 0.6) is 0 Å². The lowest BCUT2D eigenvalue weighted by atomic mass is 9.82. The smallest absolute Gasteiger partial charge is 0.307 e. The molecule has 0 aromatic carbocycles. The fraction of sp³-hybridized carbons (Fsp3) is 0.714. The lowest BCUT2D eigenvalue weighted by Gasteiger charge is -2.25. The van der Waals surface area contributed by atoms with E-state index in [1.54, 1.807) is 0 Å². The Labute approximate surface area is 112 Å². The number of nitrogens with one attached hydrogen (secondary N) is 1. The van der Waals surface area contributed by atoms with E-state index in [1.807, 2.05) is 26.0 Å². The molecule has 2 aliphatic carbocycles. The topological polar surface area (TPSA) is 86.6 Å². The standard InChI is InChI=1S/C14H21NO4/c1-7(2)10(16)6-15-13(17)11-8-3-4-9(5-8)12(11)14(18)19/h3-4,7-12,16H,5-6H2,1-2H3,(H,15,17)(H,18,19). The summed E-state index contributed by atoms with van der Waals surface area (Å²) in [5.74, 6) is -2.19. The number of amides is 1. The first-order valence-electron chi connectivity index (χ1n) is 6.78. The zero-order chi connectivity index (χ0) is 14.2. The lowest BCUT2D eigenvalue weighted by Crippen LogP contribution is -2.43. The van der Waals surface area contributed by atoms with Crippen molar-refractivity contribution in [3.63, 3.8) is 0 Å². The van der Waals surface area contributed by atoms with Gasteiger partial charge >= 0.3 is 5.97 Å². The Bertz CT molecular complexity index is 404. The number of carboxylic acid groups (broad SMARTS) is 1. The quantitative estimate of drug-likeness (QED) is 0.638. The molecule has 5 atom stereocenters. The SMILES string of the molecule is CC(C)C(O)CNC(=O)C1C2C=CC(C2)C1C(=O)O. The van der Waals surface area contributed by atoms with Gasteiger partial charge in [0.05, 0.1) is 17.9 Å². The number of carboxylic acids is 1. The van der Waals surface area contributed by atoms with Gasteiger partial charge in [0, 0.05) is 6.54 Å². The van der Waals surface area contributed by atoms with E-state index in [9.17, 15) is 19.8 Å². The van der Waals surface area contributed by atoms with Crippen molar-refractivity contribution in [3.05, 3.63) is 12.2 Å². The summed E-state index contributed by atoms with van der Waals surface area (Å²) < 4.78 is 0. The molecule has 2 rings (SSSR count). The minimum Gasteiger partial charge on any atom is -0.481 e. The maximum absolute atomic E-state index is 12.2. The molecule has 0 radical (unpaired) electrons. The summed E-state index contributed by atoms with van der Waals surface area (Å²) >= 11 is 0. The second-order valence-electron chi connectivity index (χ2n) is 5.89. The summed E-state index contributed by atoms with van der Waals surface area (Å²) in [5.41, 5.74) is 0. The first-order chi connectivity index (χ1) is 8.91. The number of fused-ring (bicyclic) bond motifs is 2. The van der Waals surface area contributed by atoms with Crippen molar-refractivity contribution in [1.29, 1.82) is 0 Å². The molecule has 5 heteroatoms. The molecule has 0 aromatic rings. The van der Waals surface area contributed by atoms with Crippen molar-refractivity contribution < 1.29 is 19.8 Å². The van der Waals surface area contributed by atoms with Gasteiger partial charge in [0.25, 0.3) is 0 Å². The Morgan fingerprint density at radius 1 is 1.26 bits per heavy atom. The number of aliphatic hydroxyl groups excluding tert-OH is 1. The monoisotopic (exact) mass is 267 g/mol. The van der Waals surface area contributed by atoms with Gasteiger partial charge in [-0.05, 0) is 24.2 Å². The molecule has 106 valence electrons. The molecule has 1 amide bonds. The van der Waals surface area contributed by atoms with Crippen molar-refractivity contribution in [1.82, 2.24) is 5.32 Å². The van der Waals surface area contributed by atoms with Crippen LogP contribution in [0.2, 0.25) is 0 Å². The van der Waals surface area contributed by atoms with Gasteiger partial charge in [-0.15, -0.1) is 0 Å². The summed E-state index contributed by atoms with van der Waals surface area (Å²) in [5, 5.41) is 21.6. The molecular formula is C14H21NO4. The lowest BCUT2D eigenvalue weighted by molar-refractivity contribution is -0.147. The van der Waals surface area contributed by atoms with Crippen LogP contribution < -0.4 is 5.32 Å². The summed E-state index contributed by atoms with van der Waals surface area (Å²) in [6.45, 7) is 3.93. The number of carbonyl (C=O) groups is 2. The second-order valence-corrected chi connectivity index (χ2v) is 5.89. The fourth-order valence-electron chi connectivity index (χ4n) is 3.08. The second kappa shape index (κ2) is 5.33. The highest BCUT2D eigenvalue weighted by Crippen LogP contribution is 2.48. The van der Waals surface area contributed by atoms with E-state index in [1.165, 1.54) is 0 Å². The number of rotatable bonds is 5. The van der Waals surface area contributed by atoms with Gasteiger partial charge in [-0.2, -0.15) is 0 Å². The largest absolute Gasteiger partial charge is 0.481 e. The van der Waals surface area contributed by atoms with Gasteiger partial charge in [0.2, 0.25) is 5.91 Å².